The fourth-order valence-electron chi connectivity index (χ4n) is 3.52. The van der Waals surface area contributed by atoms with Crippen LogP contribution in [0.3, 0.4) is 0 Å². The molecular formula is C17H20N4O3. The summed E-state index contributed by atoms with van der Waals surface area (Å²) in [6, 6.07) is 1.61. The highest BCUT2D eigenvalue weighted by Gasteiger charge is 2.40. The second kappa shape index (κ2) is 5.58. The predicted molar refractivity (Wildman–Crippen MR) is 86.3 cm³/mol. The molecule has 2 amide bonds. The smallest absolute Gasteiger partial charge is 0.259 e. The Labute approximate surface area is 139 Å². The van der Waals surface area contributed by atoms with Gasteiger partial charge in [-0.25, -0.2) is 4.98 Å². The van der Waals surface area contributed by atoms with Crippen molar-refractivity contribution in [2.75, 3.05) is 13.6 Å². The average molecular weight is 328 g/mol. The van der Waals surface area contributed by atoms with Gasteiger partial charge in [0.15, 0.2) is 0 Å². The van der Waals surface area contributed by atoms with E-state index in [1.54, 1.807) is 13.1 Å². The first-order valence-corrected chi connectivity index (χ1v) is 8.39. The molecule has 0 aromatic carbocycles. The molecular weight excluding hydrogens is 308 g/mol. The second-order valence-corrected chi connectivity index (χ2v) is 6.60. The number of nitrogens with zero attached hydrogens (tertiary/aromatic N) is 3. The summed E-state index contributed by atoms with van der Waals surface area (Å²) in [4.78, 5) is 31.1. The number of carbonyl (C=O) groups excluding carboxylic acids is 2. The molecule has 1 atom stereocenters. The first-order valence-electron chi connectivity index (χ1n) is 8.39. The molecule has 1 unspecified atom stereocenters. The van der Waals surface area contributed by atoms with Crippen molar-refractivity contribution >= 4 is 22.9 Å². The number of hydrogen-bond donors (Lipinski definition) is 1. The summed E-state index contributed by atoms with van der Waals surface area (Å²) in [6.07, 6.45) is 3.73. The molecule has 3 heterocycles. The Hall–Kier alpha value is -2.44. The first-order chi connectivity index (χ1) is 11.6. The van der Waals surface area contributed by atoms with Gasteiger partial charge in [0.05, 0.1) is 17.0 Å². The quantitative estimate of drug-likeness (QED) is 0.930. The molecule has 1 N–H and O–H groups in total. The molecule has 0 spiro atoms. The first kappa shape index (κ1) is 15.1. The van der Waals surface area contributed by atoms with E-state index >= 15 is 0 Å². The average Bonchev–Trinajstić information content (AvgIpc) is 3.17. The van der Waals surface area contributed by atoms with Gasteiger partial charge < -0.3 is 14.7 Å². The summed E-state index contributed by atoms with van der Waals surface area (Å²) in [6.45, 7) is 2.55. The van der Waals surface area contributed by atoms with Crippen LogP contribution in [0.2, 0.25) is 0 Å². The second-order valence-electron chi connectivity index (χ2n) is 6.60. The SMILES string of the molecule is CNC(=O)c1cc(C)nc2onc(C3CCCN3C(=O)C3CC3)c12. The van der Waals surface area contributed by atoms with Crippen molar-refractivity contribution in [2.45, 2.75) is 38.6 Å². The van der Waals surface area contributed by atoms with Crippen molar-refractivity contribution in [3.8, 4) is 0 Å². The van der Waals surface area contributed by atoms with Crippen LogP contribution >= 0.6 is 0 Å². The number of amides is 2. The van der Waals surface area contributed by atoms with Gasteiger partial charge in [-0.05, 0) is 38.7 Å². The largest absolute Gasteiger partial charge is 0.355 e. The van der Waals surface area contributed by atoms with Crippen molar-refractivity contribution in [1.29, 1.82) is 0 Å². The van der Waals surface area contributed by atoms with Crippen LogP contribution in [0.1, 0.15) is 53.5 Å². The van der Waals surface area contributed by atoms with E-state index in [1.165, 1.54) is 0 Å². The maximum absolute atomic E-state index is 12.6. The number of pyridine rings is 1. The van der Waals surface area contributed by atoms with Crippen LogP contribution in [0.5, 0.6) is 0 Å². The molecule has 126 valence electrons. The number of likely N-dealkylation sites (tertiary alicyclic amines) is 1. The van der Waals surface area contributed by atoms with Gasteiger partial charge in [0.2, 0.25) is 5.91 Å². The van der Waals surface area contributed by atoms with E-state index in [-0.39, 0.29) is 23.8 Å². The van der Waals surface area contributed by atoms with Gasteiger partial charge in [-0.2, -0.15) is 0 Å². The number of carbonyl (C=O) groups is 2. The number of aryl methyl sites for hydroxylation is 1. The van der Waals surface area contributed by atoms with Crippen LogP contribution < -0.4 is 5.32 Å². The third kappa shape index (κ3) is 2.35. The fraction of sp³-hybridized carbons (Fsp3) is 0.529. The van der Waals surface area contributed by atoms with Gasteiger partial charge in [-0.3, -0.25) is 9.59 Å². The normalized spacial score (nSPS) is 20.6. The molecule has 1 saturated heterocycles. The van der Waals surface area contributed by atoms with Gasteiger partial charge >= 0.3 is 0 Å². The van der Waals surface area contributed by atoms with E-state index in [4.69, 9.17) is 4.52 Å². The molecule has 1 aliphatic heterocycles. The van der Waals surface area contributed by atoms with Gasteiger partial charge in [-0.1, -0.05) is 5.16 Å². The van der Waals surface area contributed by atoms with Crippen molar-refractivity contribution in [1.82, 2.24) is 20.4 Å². The lowest BCUT2D eigenvalue weighted by molar-refractivity contribution is -0.133. The maximum atomic E-state index is 12.6. The number of nitrogens with one attached hydrogen (secondary N) is 1. The zero-order chi connectivity index (χ0) is 16.8. The van der Waals surface area contributed by atoms with Gasteiger partial charge in [0, 0.05) is 25.2 Å². The zero-order valence-electron chi connectivity index (χ0n) is 13.8. The molecule has 7 heteroatoms. The van der Waals surface area contributed by atoms with E-state index in [0.29, 0.717) is 28.1 Å². The van der Waals surface area contributed by atoms with Crippen LogP contribution in [0.25, 0.3) is 11.1 Å². The molecule has 2 fully saturated rings. The summed E-state index contributed by atoms with van der Waals surface area (Å²) in [5, 5.41) is 7.48. The van der Waals surface area contributed by atoms with Crippen LogP contribution in [-0.4, -0.2) is 40.4 Å². The lowest BCUT2D eigenvalue weighted by Crippen LogP contribution is -2.32. The van der Waals surface area contributed by atoms with Crippen molar-refractivity contribution < 1.29 is 14.1 Å². The fourth-order valence-corrected chi connectivity index (χ4v) is 3.52. The molecule has 1 aliphatic carbocycles. The van der Waals surface area contributed by atoms with Gasteiger partial charge in [-0.15, -0.1) is 0 Å². The molecule has 2 aromatic rings. The van der Waals surface area contributed by atoms with Crippen molar-refractivity contribution in [2.24, 2.45) is 5.92 Å². The summed E-state index contributed by atoms with van der Waals surface area (Å²) in [5.41, 5.74) is 2.21. The Balaban J connectivity index is 1.81. The van der Waals surface area contributed by atoms with Crippen molar-refractivity contribution in [3.05, 3.63) is 23.0 Å². The van der Waals surface area contributed by atoms with E-state index < -0.39 is 0 Å². The van der Waals surface area contributed by atoms with E-state index in [0.717, 1.165) is 32.2 Å². The van der Waals surface area contributed by atoms with Crippen molar-refractivity contribution in [3.63, 3.8) is 0 Å². The maximum Gasteiger partial charge on any atom is 0.259 e. The Morgan fingerprint density at radius 2 is 2.12 bits per heavy atom. The Kier molecular flexibility index (Phi) is 3.51. The van der Waals surface area contributed by atoms with Gasteiger partial charge in [0.1, 0.15) is 5.69 Å². The monoisotopic (exact) mass is 328 g/mol. The minimum absolute atomic E-state index is 0.132. The van der Waals surface area contributed by atoms with Crippen LogP contribution in [0, 0.1) is 12.8 Å². The highest BCUT2D eigenvalue weighted by molar-refractivity contribution is 6.06. The Morgan fingerprint density at radius 1 is 1.33 bits per heavy atom. The highest BCUT2D eigenvalue weighted by atomic mass is 16.5. The zero-order valence-corrected chi connectivity index (χ0v) is 13.8. The lowest BCUT2D eigenvalue weighted by Gasteiger charge is -2.23. The number of aromatic nitrogens is 2. The highest BCUT2D eigenvalue weighted by Crippen LogP contribution is 2.40. The molecule has 0 radical (unpaired) electrons. The molecule has 2 aliphatic rings. The Morgan fingerprint density at radius 3 is 2.83 bits per heavy atom. The Bertz CT molecular complexity index is 825. The summed E-state index contributed by atoms with van der Waals surface area (Å²) < 4.78 is 5.40. The number of rotatable bonds is 3. The third-order valence-electron chi connectivity index (χ3n) is 4.85. The van der Waals surface area contributed by atoms with Crippen LogP contribution in [0.15, 0.2) is 10.6 Å². The van der Waals surface area contributed by atoms with Crippen LogP contribution in [0.4, 0.5) is 0 Å². The number of fused-ring (bicyclic) bond motifs is 1. The standard InChI is InChI=1S/C17H20N4O3/c1-9-8-11(15(22)18-2)13-14(20-24-16(13)19-9)12-4-3-7-21(12)17(23)10-5-6-10/h8,10,12H,3-7H2,1-2H3,(H,18,22). The van der Waals surface area contributed by atoms with E-state index in [2.05, 4.69) is 15.5 Å². The summed E-state index contributed by atoms with van der Waals surface area (Å²) >= 11 is 0. The van der Waals surface area contributed by atoms with E-state index in [9.17, 15) is 9.59 Å². The molecule has 7 nitrogen and oxygen atoms in total. The lowest BCUT2D eigenvalue weighted by atomic mass is 10.0. The third-order valence-corrected chi connectivity index (χ3v) is 4.85. The molecule has 2 aromatic heterocycles. The molecule has 24 heavy (non-hydrogen) atoms. The molecule has 1 saturated carbocycles. The minimum Gasteiger partial charge on any atom is -0.355 e. The minimum atomic E-state index is -0.201. The van der Waals surface area contributed by atoms with Gasteiger partial charge in [0.25, 0.3) is 11.6 Å². The predicted octanol–water partition coefficient (Wildman–Crippen LogP) is 1.96. The number of hydrogen-bond acceptors (Lipinski definition) is 5. The summed E-state index contributed by atoms with van der Waals surface area (Å²) in [7, 11) is 1.59. The topological polar surface area (TPSA) is 88.3 Å². The summed E-state index contributed by atoms with van der Waals surface area (Å²) in [5.74, 6) is 0.172. The molecule has 0 bridgehead atoms. The van der Waals surface area contributed by atoms with Crippen LogP contribution in [-0.2, 0) is 4.79 Å². The van der Waals surface area contributed by atoms with E-state index in [1.807, 2.05) is 11.8 Å². The molecule has 4 rings (SSSR count).